The Labute approximate surface area is 237 Å². The first-order valence-electron chi connectivity index (χ1n) is 13.7. The average Bonchev–Trinajstić information content (AvgIpc) is 2.88. The normalized spacial score (nSPS) is 14.5. The van der Waals surface area contributed by atoms with E-state index in [4.69, 9.17) is 24.7 Å². The van der Waals surface area contributed by atoms with E-state index in [1.54, 1.807) is 54.5 Å². The fraction of sp³-hybridized carbons (Fsp3) is 0.667. The van der Waals surface area contributed by atoms with Crippen molar-refractivity contribution in [2.75, 3.05) is 6.61 Å². The van der Waals surface area contributed by atoms with Crippen LogP contribution in [0.1, 0.15) is 100.0 Å². The number of rotatable bonds is 14. The van der Waals surface area contributed by atoms with Crippen molar-refractivity contribution < 1.29 is 43.2 Å². The molecule has 0 aromatic heterocycles. The van der Waals surface area contributed by atoms with E-state index in [2.05, 4.69) is 0 Å². The third-order valence-corrected chi connectivity index (χ3v) is 7.59. The summed E-state index contributed by atoms with van der Waals surface area (Å²) in [5.41, 5.74) is 4.16. The summed E-state index contributed by atoms with van der Waals surface area (Å²) in [5.74, 6) is -3.78. The standard InChI is InChI=1S/C30H47NO9/c1-11-28(5,6)25(34)38-20-15-14-19(16-21(20)39-26(35)29(7,8)12-2)22(23(31)24(32)33)18(4)17-37-27(36)40-30(9,10)13-3/h14-16,18,22-23H,11-13,17,31H2,1-10H3,(H,32,33)/t18?,22?,23-/m0/s1. The molecule has 0 saturated carbocycles. The van der Waals surface area contributed by atoms with Gasteiger partial charge in [-0.2, -0.15) is 0 Å². The van der Waals surface area contributed by atoms with Crippen LogP contribution < -0.4 is 15.2 Å². The Morgan fingerprint density at radius 3 is 1.80 bits per heavy atom. The minimum atomic E-state index is -1.38. The molecule has 0 fully saturated rings. The summed E-state index contributed by atoms with van der Waals surface area (Å²) in [5, 5.41) is 9.76. The number of carbonyl (C=O) groups excluding carboxylic acids is 3. The van der Waals surface area contributed by atoms with Crippen molar-refractivity contribution in [3.8, 4) is 11.5 Å². The van der Waals surface area contributed by atoms with E-state index in [9.17, 15) is 24.3 Å². The Morgan fingerprint density at radius 2 is 1.35 bits per heavy atom. The van der Waals surface area contributed by atoms with E-state index in [0.717, 1.165) is 0 Å². The van der Waals surface area contributed by atoms with Crippen molar-refractivity contribution in [2.24, 2.45) is 22.5 Å². The first kappa shape index (κ1) is 34.9. The van der Waals surface area contributed by atoms with E-state index in [-0.39, 0.29) is 18.1 Å². The fourth-order valence-corrected chi connectivity index (χ4v) is 3.33. The Balaban J connectivity index is 3.48. The summed E-state index contributed by atoms with van der Waals surface area (Å²) in [4.78, 5) is 50.0. The van der Waals surface area contributed by atoms with Crippen molar-refractivity contribution >= 4 is 24.1 Å². The van der Waals surface area contributed by atoms with Crippen LogP contribution in [-0.4, -0.2) is 47.4 Å². The number of ether oxygens (including phenoxy) is 4. The monoisotopic (exact) mass is 565 g/mol. The smallest absolute Gasteiger partial charge is 0.480 e. The molecule has 10 nitrogen and oxygen atoms in total. The molecule has 0 saturated heterocycles. The molecule has 3 N–H and O–H groups in total. The summed E-state index contributed by atoms with van der Waals surface area (Å²) in [6, 6.07) is 3.08. The molecular formula is C30H47NO9. The van der Waals surface area contributed by atoms with Gasteiger partial charge in [-0.05, 0) is 84.4 Å². The van der Waals surface area contributed by atoms with Crippen molar-refractivity contribution in [1.29, 1.82) is 0 Å². The van der Waals surface area contributed by atoms with Gasteiger partial charge in [-0.3, -0.25) is 14.4 Å². The van der Waals surface area contributed by atoms with Crippen LogP contribution in [0.3, 0.4) is 0 Å². The zero-order valence-electron chi connectivity index (χ0n) is 25.6. The molecule has 226 valence electrons. The van der Waals surface area contributed by atoms with E-state index in [0.29, 0.717) is 24.8 Å². The van der Waals surface area contributed by atoms with Crippen LogP contribution in [0.4, 0.5) is 4.79 Å². The molecule has 40 heavy (non-hydrogen) atoms. The molecule has 1 aromatic rings. The van der Waals surface area contributed by atoms with Crippen molar-refractivity contribution in [2.45, 2.75) is 106 Å². The van der Waals surface area contributed by atoms with Gasteiger partial charge in [0.2, 0.25) is 0 Å². The van der Waals surface area contributed by atoms with Crippen molar-refractivity contribution in [3.63, 3.8) is 0 Å². The molecule has 0 bridgehead atoms. The molecule has 10 heteroatoms. The Kier molecular flexibility index (Phi) is 12.2. The maximum Gasteiger partial charge on any atom is 0.508 e. The number of benzene rings is 1. The van der Waals surface area contributed by atoms with Crippen LogP contribution >= 0.6 is 0 Å². The molecule has 1 rings (SSSR count). The van der Waals surface area contributed by atoms with Gasteiger partial charge in [0.05, 0.1) is 17.4 Å². The largest absolute Gasteiger partial charge is 0.508 e. The molecular weight excluding hydrogens is 518 g/mol. The molecule has 2 unspecified atom stereocenters. The minimum Gasteiger partial charge on any atom is -0.480 e. The summed E-state index contributed by atoms with van der Waals surface area (Å²) in [6.07, 6.45) is 0.716. The molecule has 0 heterocycles. The van der Waals surface area contributed by atoms with Crippen LogP contribution in [-0.2, 0) is 23.9 Å². The van der Waals surface area contributed by atoms with Gasteiger partial charge < -0.3 is 29.8 Å². The SMILES string of the molecule is CCC(C)(C)OC(=O)OCC(C)C(c1ccc(OC(=O)C(C)(C)CC)c(OC(=O)C(C)(C)CC)c1)[C@H](N)C(=O)O. The lowest BCUT2D eigenvalue weighted by molar-refractivity contribution is -0.147. The second-order valence-corrected chi connectivity index (χ2v) is 12.1. The number of carboxylic acid groups (broad SMARTS) is 1. The zero-order valence-corrected chi connectivity index (χ0v) is 25.6. The maximum absolute atomic E-state index is 13.0. The number of hydrogen-bond acceptors (Lipinski definition) is 9. The van der Waals surface area contributed by atoms with Gasteiger partial charge >= 0.3 is 24.1 Å². The molecule has 0 amide bonds. The van der Waals surface area contributed by atoms with E-state index in [1.807, 2.05) is 20.8 Å². The third kappa shape index (κ3) is 9.50. The van der Waals surface area contributed by atoms with Gasteiger partial charge in [0.1, 0.15) is 11.6 Å². The molecule has 0 spiro atoms. The highest BCUT2D eigenvalue weighted by molar-refractivity contribution is 5.81. The number of esters is 2. The minimum absolute atomic E-state index is 0.0208. The summed E-state index contributed by atoms with van der Waals surface area (Å²) in [7, 11) is 0. The molecule has 1 aromatic carbocycles. The fourth-order valence-electron chi connectivity index (χ4n) is 3.33. The number of carbonyl (C=O) groups is 4. The van der Waals surface area contributed by atoms with Gasteiger partial charge in [0, 0.05) is 5.92 Å². The lowest BCUT2D eigenvalue weighted by atomic mass is 9.82. The highest BCUT2D eigenvalue weighted by Gasteiger charge is 2.35. The predicted octanol–water partition coefficient (Wildman–Crippen LogP) is 5.84. The summed E-state index contributed by atoms with van der Waals surface area (Å²) >= 11 is 0. The quantitative estimate of drug-likeness (QED) is 0.208. The van der Waals surface area contributed by atoms with E-state index in [1.165, 1.54) is 12.1 Å². The lowest BCUT2D eigenvalue weighted by Crippen LogP contribution is -2.41. The number of hydrogen-bond donors (Lipinski definition) is 2. The summed E-state index contributed by atoms with van der Waals surface area (Å²) in [6.45, 7) is 17.5. The van der Waals surface area contributed by atoms with Crippen molar-refractivity contribution in [1.82, 2.24) is 0 Å². The second-order valence-electron chi connectivity index (χ2n) is 12.1. The molecule has 0 radical (unpaired) electrons. The molecule has 0 aliphatic rings. The van der Waals surface area contributed by atoms with E-state index >= 15 is 0 Å². The molecule has 3 atom stereocenters. The third-order valence-electron chi connectivity index (χ3n) is 7.59. The van der Waals surface area contributed by atoms with Gasteiger partial charge in [0.15, 0.2) is 11.5 Å². The first-order valence-corrected chi connectivity index (χ1v) is 13.7. The Bertz CT molecular complexity index is 1060. The van der Waals surface area contributed by atoms with Crippen LogP contribution in [0, 0.1) is 16.7 Å². The Morgan fingerprint density at radius 1 is 0.850 bits per heavy atom. The van der Waals surface area contributed by atoms with Crippen molar-refractivity contribution in [3.05, 3.63) is 23.8 Å². The van der Waals surface area contributed by atoms with Gasteiger partial charge in [-0.1, -0.05) is 33.8 Å². The summed E-state index contributed by atoms with van der Waals surface area (Å²) < 4.78 is 22.0. The number of aliphatic carboxylic acids is 1. The molecule has 0 aliphatic carbocycles. The van der Waals surface area contributed by atoms with Gasteiger partial charge in [-0.15, -0.1) is 0 Å². The topological polar surface area (TPSA) is 151 Å². The number of carboxylic acids is 1. The Hall–Kier alpha value is -3.14. The van der Waals surface area contributed by atoms with Crippen LogP contribution in [0.5, 0.6) is 11.5 Å². The maximum atomic E-state index is 13.0. The van der Waals surface area contributed by atoms with Gasteiger partial charge in [0.25, 0.3) is 0 Å². The first-order chi connectivity index (χ1) is 18.3. The molecule has 0 aliphatic heterocycles. The number of nitrogens with two attached hydrogens (primary N) is 1. The highest BCUT2D eigenvalue weighted by Crippen LogP contribution is 2.38. The zero-order chi connectivity index (χ0) is 31.1. The average molecular weight is 566 g/mol. The van der Waals surface area contributed by atoms with Crippen LogP contribution in [0.2, 0.25) is 0 Å². The van der Waals surface area contributed by atoms with Crippen LogP contribution in [0.25, 0.3) is 0 Å². The van der Waals surface area contributed by atoms with E-state index < -0.39 is 58.4 Å². The lowest BCUT2D eigenvalue weighted by Gasteiger charge is -2.29. The van der Waals surface area contributed by atoms with Gasteiger partial charge in [-0.25, -0.2) is 4.79 Å². The second kappa shape index (κ2) is 14.0. The van der Waals surface area contributed by atoms with Crippen LogP contribution in [0.15, 0.2) is 18.2 Å². The predicted molar refractivity (Wildman–Crippen MR) is 150 cm³/mol. The highest BCUT2D eigenvalue weighted by atomic mass is 16.7.